The third-order valence-electron chi connectivity index (χ3n) is 6.79. The summed E-state index contributed by atoms with van der Waals surface area (Å²) in [6.45, 7) is 0. The zero-order chi connectivity index (χ0) is 36.3. The summed E-state index contributed by atoms with van der Waals surface area (Å²) in [5.74, 6) is 0. The first-order valence-electron chi connectivity index (χ1n) is 17.9. The van der Waals surface area contributed by atoms with Gasteiger partial charge in [-0.1, -0.05) is 113 Å². The fourth-order valence-corrected chi connectivity index (χ4v) is 5.45. The SMILES string of the molecule is [2H]c1c([2H])c([2H])c(N(c2cc(Br)cc(N(c3ccc4ccccc4c3)c3ccc4ccccc4c3)c2)c2c([2H])c([2H])c([2H])c([2H])c2[2H])c([2H])c1[2H]. The third kappa shape index (κ3) is 5.08. The van der Waals surface area contributed by atoms with Gasteiger partial charge in [-0.15, -0.1) is 0 Å². The molecular weight excluding hydrogens is 564 g/mol. The summed E-state index contributed by atoms with van der Waals surface area (Å²) >= 11 is 3.63. The number of anilines is 6. The van der Waals surface area contributed by atoms with Crippen molar-refractivity contribution in [2.45, 2.75) is 0 Å². The van der Waals surface area contributed by atoms with Gasteiger partial charge in [0.2, 0.25) is 0 Å². The Balaban J connectivity index is 1.55. The van der Waals surface area contributed by atoms with Gasteiger partial charge in [-0.2, -0.15) is 0 Å². The molecule has 7 aromatic rings. The second-order valence-electron chi connectivity index (χ2n) is 9.35. The molecule has 0 heterocycles. The van der Waals surface area contributed by atoms with Gasteiger partial charge in [-0.05, 0) is 88.2 Å². The van der Waals surface area contributed by atoms with E-state index in [0.717, 1.165) is 37.8 Å². The molecule has 3 heteroatoms. The van der Waals surface area contributed by atoms with Crippen LogP contribution in [-0.4, -0.2) is 0 Å². The van der Waals surface area contributed by atoms with Crippen LogP contribution >= 0.6 is 15.9 Å². The van der Waals surface area contributed by atoms with Gasteiger partial charge in [-0.3, -0.25) is 0 Å². The van der Waals surface area contributed by atoms with Gasteiger partial charge in [0.05, 0.1) is 13.7 Å². The van der Waals surface area contributed by atoms with Crippen LogP contribution in [0.25, 0.3) is 21.5 Å². The average Bonchev–Trinajstić information content (AvgIpc) is 3.14. The second-order valence-corrected chi connectivity index (χ2v) is 10.3. The van der Waals surface area contributed by atoms with Crippen LogP contribution in [0.3, 0.4) is 0 Å². The lowest BCUT2D eigenvalue weighted by atomic mass is 10.1. The number of rotatable bonds is 6. The lowest BCUT2D eigenvalue weighted by molar-refractivity contribution is 1.25. The van der Waals surface area contributed by atoms with Crippen molar-refractivity contribution < 1.29 is 13.7 Å². The molecule has 0 aliphatic rings. The van der Waals surface area contributed by atoms with E-state index in [0.29, 0.717) is 10.2 Å². The summed E-state index contributed by atoms with van der Waals surface area (Å²) in [7, 11) is 0. The lowest BCUT2D eigenvalue weighted by Crippen LogP contribution is -2.13. The normalized spacial score (nSPS) is 14.5. The van der Waals surface area contributed by atoms with Crippen molar-refractivity contribution in [1.29, 1.82) is 0 Å². The molecule has 0 aliphatic carbocycles. The summed E-state index contributed by atoms with van der Waals surface area (Å²) in [4.78, 5) is 3.17. The number of fused-ring (bicyclic) bond motifs is 2. The molecule has 0 bridgehead atoms. The Hall–Kier alpha value is -4.86. The molecule has 0 fully saturated rings. The van der Waals surface area contributed by atoms with Crippen LogP contribution in [0.15, 0.2) is 168 Å². The third-order valence-corrected chi connectivity index (χ3v) is 7.24. The van der Waals surface area contributed by atoms with Crippen LogP contribution in [0.5, 0.6) is 0 Å². The van der Waals surface area contributed by atoms with Gasteiger partial charge in [-0.25, -0.2) is 0 Å². The minimum Gasteiger partial charge on any atom is -0.310 e. The largest absolute Gasteiger partial charge is 0.310 e. The topological polar surface area (TPSA) is 6.48 Å². The lowest BCUT2D eigenvalue weighted by Gasteiger charge is -2.30. The molecule has 0 unspecified atom stereocenters. The molecular formula is C38H27BrN2. The maximum Gasteiger partial charge on any atom is 0.0645 e. The number of benzene rings is 7. The van der Waals surface area contributed by atoms with E-state index in [-0.39, 0.29) is 17.1 Å². The zero-order valence-electron chi connectivity index (χ0n) is 31.6. The molecule has 41 heavy (non-hydrogen) atoms. The molecule has 0 amide bonds. The highest BCUT2D eigenvalue weighted by Crippen LogP contribution is 2.43. The van der Waals surface area contributed by atoms with E-state index in [2.05, 4.69) is 15.9 Å². The van der Waals surface area contributed by atoms with Crippen molar-refractivity contribution in [1.82, 2.24) is 0 Å². The Labute approximate surface area is 262 Å². The van der Waals surface area contributed by atoms with E-state index in [4.69, 9.17) is 13.7 Å². The van der Waals surface area contributed by atoms with Gasteiger partial charge in [0.15, 0.2) is 0 Å². The molecule has 196 valence electrons. The Bertz CT molecular complexity index is 2330. The van der Waals surface area contributed by atoms with Crippen molar-refractivity contribution in [3.05, 3.63) is 168 Å². The van der Waals surface area contributed by atoms with Crippen molar-refractivity contribution >= 4 is 71.6 Å². The molecule has 2 nitrogen and oxygen atoms in total. The van der Waals surface area contributed by atoms with Gasteiger partial charge in [0, 0.05) is 38.6 Å². The summed E-state index contributed by atoms with van der Waals surface area (Å²) < 4.78 is 86.2. The molecule has 0 saturated carbocycles. The second kappa shape index (κ2) is 11.0. The minimum atomic E-state index is -0.632. The number of hydrogen-bond donors (Lipinski definition) is 0. The predicted octanol–water partition coefficient (Wildman–Crippen LogP) is 11.7. The standard InChI is InChI=1S/C38H27BrN2/c39-32-25-37(40(33-15-3-1-4-16-33)34-17-5-2-6-18-34)27-38(26-32)41(35-21-19-28-11-7-9-13-30(28)23-35)36-22-20-29-12-8-10-14-31(29)24-36/h1-27H/i1D,2D,3D,4D,5D,6D,15D,16D,17D,18D. The highest BCUT2D eigenvalue weighted by molar-refractivity contribution is 9.10. The molecule has 0 aromatic heterocycles. The number of nitrogens with zero attached hydrogens (tertiary/aromatic N) is 2. The van der Waals surface area contributed by atoms with Gasteiger partial charge < -0.3 is 9.80 Å². The van der Waals surface area contributed by atoms with Crippen molar-refractivity contribution in [2.75, 3.05) is 9.80 Å². The smallest absolute Gasteiger partial charge is 0.0645 e. The molecule has 7 aromatic carbocycles. The number of halogens is 1. The quantitative estimate of drug-likeness (QED) is 0.187. The van der Waals surface area contributed by atoms with Crippen molar-refractivity contribution in [2.24, 2.45) is 0 Å². The van der Waals surface area contributed by atoms with Gasteiger partial charge in [0.1, 0.15) is 0 Å². The Morgan fingerprint density at radius 3 is 1.27 bits per heavy atom. The van der Waals surface area contributed by atoms with Crippen LogP contribution in [0.4, 0.5) is 34.1 Å². The molecule has 0 atom stereocenters. The summed E-state index contributed by atoms with van der Waals surface area (Å²) in [5, 5.41) is 4.08. The zero-order valence-corrected chi connectivity index (χ0v) is 23.2. The Kier molecular flexibility index (Phi) is 4.39. The van der Waals surface area contributed by atoms with E-state index < -0.39 is 60.4 Å². The molecule has 0 saturated heterocycles. The van der Waals surface area contributed by atoms with Gasteiger partial charge in [0.25, 0.3) is 0 Å². The van der Waals surface area contributed by atoms with E-state index >= 15 is 0 Å². The van der Waals surface area contributed by atoms with E-state index in [1.807, 2.05) is 95.9 Å². The molecule has 7 rings (SSSR count). The highest BCUT2D eigenvalue weighted by Gasteiger charge is 2.19. The highest BCUT2D eigenvalue weighted by atomic mass is 79.9. The first-order valence-corrected chi connectivity index (χ1v) is 13.7. The Morgan fingerprint density at radius 1 is 0.390 bits per heavy atom. The van der Waals surface area contributed by atoms with Crippen LogP contribution in [0.1, 0.15) is 13.7 Å². The molecule has 0 radical (unpaired) electrons. The molecule has 0 aliphatic heterocycles. The summed E-state index contributed by atoms with van der Waals surface area (Å²) in [6, 6.07) is 27.0. The van der Waals surface area contributed by atoms with Crippen LogP contribution in [-0.2, 0) is 0 Å². The van der Waals surface area contributed by atoms with E-state index in [9.17, 15) is 0 Å². The van der Waals surface area contributed by atoms with E-state index in [1.165, 1.54) is 0 Å². The minimum absolute atomic E-state index is 0.183. The predicted molar refractivity (Wildman–Crippen MR) is 179 cm³/mol. The van der Waals surface area contributed by atoms with Crippen LogP contribution < -0.4 is 9.80 Å². The van der Waals surface area contributed by atoms with Crippen LogP contribution in [0, 0.1) is 0 Å². The first-order chi connectivity index (χ1) is 24.4. The van der Waals surface area contributed by atoms with E-state index in [1.54, 1.807) is 12.1 Å². The first kappa shape index (κ1) is 16.4. The van der Waals surface area contributed by atoms with Crippen LogP contribution in [0.2, 0.25) is 0 Å². The Morgan fingerprint density at radius 2 is 0.805 bits per heavy atom. The molecule has 0 spiro atoms. The summed E-state index contributed by atoms with van der Waals surface area (Å²) in [6.07, 6.45) is 0. The fourth-order valence-electron chi connectivity index (χ4n) is 4.98. The molecule has 0 N–H and O–H groups in total. The van der Waals surface area contributed by atoms with Crippen molar-refractivity contribution in [3.63, 3.8) is 0 Å². The monoisotopic (exact) mass is 600 g/mol. The van der Waals surface area contributed by atoms with Crippen molar-refractivity contribution in [3.8, 4) is 0 Å². The fraction of sp³-hybridized carbons (Fsp3) is 0. The average molecular weight is 602 g/mol. The number of para-hydroxylation sites is 2. The van der Waals surface area contributed by atoms with Gasteiger partial charge >= 0.3 is 0 Å². The maximum atomic E-state index is 8.88. The number of hydrogen-bond acceptors (Lipinski definition) is 2. The maximum absolute atomic E-state index is 8.88. The summed E-state index contributed by atoms with van der Waals surface area (Å²) in [5.41, 5.74) is 1.62.